The molecule has 0 unspecified atom stereocenters. The van der Waals surface area contributed by atoms with Crippen LogP contribution in [0.1, 0.15) is 0 Å². The van der Waals surface area contributed by atoms with Crippen molar-refractivity contribution in [1.29, 1.82) is 0 Å². The highest BCUT2D eigenvalue weighted by Gasteiger charge is 2.08. The summed E-state index contributed by atoms with van der Waals surface area (Å²) in [6.45, 7) is 4.98. The van der Waals surface area contributed by atoms with Crippen molar-refractivity contribution in [1.82, 2.24) is 10.4 Å². The first-order valence-electron chi connectivity index (χ1n) is 5.79. The van der Waals surface area contributed by atoms with E-state index in [4.69, 9.17) is 9.47 Å². The lowest BCUT2D eigenvalue weighted by molar-refractivity contribution is 0.0101. The molecule has 2 rings (SSSR count). The summed E-state index contributed by atoms with van der Waals surface area (Å²) in [5, 5.41) is 2.18. The normalized spacial score (nSPS) is 17.0. The standard InChI is InChI=1S/C12H17BrN2O2/c13-11-1-3-12(4-2-11)17-8-5-14-15-6-9-16-10-7-15/h1-4,14H,5-10H2. The number of ether oxygens (including phenoxy) is 2. The summed E-state index contributed by atoms with van der Waals surface area (Å²) in [6, 6.07) is 7.87. The van der Waals surface area contributed by atoms with Gasteiger partial charge in [-0.1, -0.05) is 15.9 Å². The van der Waals surface area contributed by atoms with E-state index in [2.05, 4.69) is 26.4 Å². The zero-order valence-corrected chi connectivity index (χ0v) is 11.3. The van der Waals surface area contributed by atoms with E-state index in [0.717, 1.165) is 43.1 Å². The number of hydrogen-bond donors (Lipinski definition) is 1. The van der Waals surface area contributed by atoms with Crippen LogP contribution in [-0.4, -0.2) is 44.5 Å². The molecule has 0 bridgehead atoms. The molecule has 0 spiro atoms. The quantitative estimate of drug-likeness (QED) is 0.839. The van der Waals surface area contributed by atoms with Gasteiger partial charge >= 0.3 is 0 Å². The summed E-state index contributed by atoms with van der Waals surface area (Å²) in [6.07, 6.45) is 0. The number of morpholine rings is 1. The zero-order valence-electron chi connectivity index (χ0n) is 9.69. The van der Waals surface area contributed by atoms with Crippen molar-refractivity contribution in [3.05, 3.63) is 28.7 Å². The van der Waals surface area contributed by atoms with Crippen LogP contribution in [0.15, 0.2) is 28.7 Å². The molecule has 0 radical (unpaired) electrons. The van der Waals surface area contributed by atoms with E-state index in [1.54, 1.807) is 0 Å². The fourth-order valence-electron chi connectivity index (χ4n) is 1.62. The molecule has 0 saturated carbocycles. The molecule has 1 heterocycles. The second kappa shape index (κ2) is 6.96. The molecule has 1 aromatic carbocycles. The van der Waals surface area contributed by atoms with Gasteiger partial charge in [0.15, 0.2) is 0 Å². The number of hydrazine groups is 1. The van der Waals surface area contributed by atoms with Crippen molar-refractivity contribution in [2.24, 2.45) is 0 Å². The van der Waals surface area contributed by atoms with Crippen LogP contribution in [0, 0.1) is 0 Å². The van der Waals surface area contributed by atoms with Crippen LogP contribution in [0.3, 0.4) is 0 Å². The molecule has 1 saturated heterocycles. The molecular formula is C12H17BrN2O2. The van der Waals surface area contributed by atoms with Crippen molar-refractivity contribution < 1.29 is 9.47 Å². The molecule has 4 nitrogen and oxygen atoms in total. The zero-order chi connectivity index (χ0) is 11.9. The van der Waals surface area contributed by atoms with Gasteiger partial charge in [-0.25, -0.2) is 5.01 Å². The molecule has 0 amide bonds. The van der Waals surface area contributed by atoms with Crippen LogP contribution >= 0.6 is 15.9 Å². The molecule has 0 aromatic heterocycles. The molecule has 0 atom stereocenters. The first-order valence-corrected chi connectivity index (χ1v) is 6.58. The summed E-state index contributed by atoms with van der Waals surface area (Å²) >= 11 is 3.39. The Morgan fingerprint density at radius 2 is 1.94 bits per heavy atom. The maximum Gasteiger partial charge on any atom is 0.119 e. The van der Waals surface area contributed by atoms with Crippen LogP contribution in [0.4, 0.5) is 0 Å². The molecule has 1 N–H and O–H groups in total. The van der Waals surface area contributed by atoms with Gasteiger partial charge in [-0.15, -0.1) is 0 Å². The van der Waals surface area contributed by atoms with E-state index in [1.165, 1.54) is 0 Å². The van der Waals surface area contributed by atoms with Gasteiger partial charge in [-0.2, -0.15) is 0 Å². The van der Waals surface area contributed by atoms with Gasteiger partial charge < -0.3 is 9.47 Å². The molecule has 1 fully saturated rings. The maximum absolute atomic E-state index is 5.61. The average molecular weight is 301 g/mol. The largest absolute Gasteiger partial charge is 0.492 e. The van der Waals surface area contributed by atoms with Crippen molar-refractivity contribution in [2.45, 2.75) is 0 Å². The number of rotatable bonds is 5. The summed E-state index contributed by atoms with van der Waals surface area (Å²) in [4.78, 5) is 0. The van der Waals surface area contributed by atoms with Crippen LogP contribution < -0.4 is 10.2 Å². The fourth-order valence-corrected chi connectivity index (χ4v) is 1.89. The summed E-state index contributed by atoms with van der Waals surface area (Å²) in [5.41, 5.74) is 3.32. The Labute approximate surface area is 110 Å². The second-order valence-electron chi connectivity index (χ2n) is 3.81. The van der Waals surface area contributed by atoms with Gasteiger partial charge in [0, 0.05) is 24.1 Å². The Kier molecular flexibility index (Phi) is 5.25. The SMILES string of the molecule is Brc1ccc(OCCNN2CCOCC2)cc1. The third-order valence-corrected chi connectivity index (χ3v) is 3.06. The highest BCUT2D eigenvalue weighted by atomic mass is 79.9. The number of benzene rings is 1. The minimum atomic E-state index is 0.666. The van der Waals surface area contributed by atoms with Gasteiger partial charge in [0.1, 0.15) is 12.4 Å². The van der Waals surface area contributed by atoms with Crippen molar-refractivity contribution in [3.8, 4) is 5.75 Å². The van der Waals surface area contributed by atoms with E-state index < -0.39 is 0 Å². The topological polar surface area (TPSA) is 33.7 Å². The number of halogens is 1. The van der Waals surface area contributed by atoms with Gasteiger partial charge in [0.25, 0.3) is 0 Å². The molecule has 94 valence electrons. The lowest BCUT2D eigenvalue weighted by Crippen LogP contribution is -2.46. The van der Waals surface area contributed by atoms with Crippen LogP contribution in [0.2, 0.25) is 0 Å². The molecule has 1 aliphatic heterocycles. The molecule has 0 aliphatic carbocycles. The third kappa shape index (κ3) is 4.63. The Hall–Kier alpha value is -0.620. The highest BCUT2D eigenvalue weighted by Crippen LogP contribution is 2.15. The van der Waals surface area contributed by atoms with E-state index in [-0.39, 0.29) is 0 Å². The Bertz CT molecular complexity index is 326. The third-order valence-electron chi connectivity index (χ3n) is 2.53. The number of hydrogen-bond acceptors (Lipinski definition) is 4. The molecule has 1 aliphatic rings. The van der Waals surface area contributed by atoms with Crippen LogP contribution in [-0.2, 0) is 4.74 Å². The molecule has 5 heteroatoms. The van der Waals surface area contributed by atoms with Crippen molar-refractivity contribution in [3.63, 3.8) is 0 Å². The van der Waals surface area contributed by atoms with E-state index in [0.29, 0.717) is 6.61 Å². The monoisotopic (exact) mass is 300 g/mol. The van der Waals surface area contributed by atoms with E-state index in [1.807, 2.05) is 24.3 Å². The van der Waals surface area contributed by atoms with E-state index >= 15 is 0 Å². The lowest BCUT2D eigenvalue weighted by atomic mass is 10.3. The minimum absolute atomic E-state index is 0.666. The highest BCUT2D eigenvalue weighted by molar-refractivity contribution is 9.10. The van der Waals surface area contributed by atoms with Gasteiger partial charge in [-0.3, -0.25) is 5.43 Å². The number of nitrogens with zero attached hydrogens (tertiary/aromatic N) is 1. The summed E-state index contributed by atoms with van der Waals surface area (Å²) in [5.74, 6) is 0.900. The van der Waals surface area contributed by atoms with Crippen LogP contribution in [0.25, 0.3) is 0 Å². The van der Waals surface area contributed by atoms with Crippen molar-refractivity contribution in [2.75, 3.05) is 39.5 Å². The number of nitrogens with one attached hydrogen (secondary N) is 1. The Morgan fingerprint density at radius 1 is 1.24 bits per heavy atom. The predicted octanol–water partition coefficient (Wildman–Crippen LogP) is 1.66. The predicted molar refractivity (Wildman–Crippen MR) is 70.0 cm³/mol. The van der Waals surface area contributed by atoms with Gasteiger partial charge in [-0.05, 0) is 24.3 Å². The minimum Gasteiger partial charge on any atom is -0.492 e. The fraction of sp³-hybridized carbons (Fsp3) is 0.500. The lowest BCUT2D eigenvalue weighted by Gasteiger charge is -2.27. The Balaban J connectivity index is 1.60. The Morgan fingerprint density at radius 3 is 2.65 bits per heavy atom. The molecule has 1 aromatic rings. The second-order valence-corrected chi connectivity index (χ2v) is 4.73. The first kappa shape index (κ1) is 12.8. The molecule has 17 heavy (non-hydrogen) atoms. The first-order chi connectivity index (χ1) is 8.34. The van der Waals surface area contributed by atoms with Gasteiger partial charge in [0.2, 0.25) is 0 Å². The smallest absolute Gasteiger partial charge is 0.119 e. The summed E-state index contributed by atoms with van der Waals surface area (Å²) < 4.78 is 11.9. The van der Waals surface area contributed by atoms with Crippen molar-refractivity contribution >= 4 is 15.9 Å². The average Bonchev–Trinajstić information content (AvgIpc) is 2.38. The maximum atomic E-state index is 5.61. The molecular weight excluding hydrogens is 284 g/mol. The van der Waals surface area contributed by atoms with E-state index in [9.17, 15) is 0 Å². The van der Waals surface area contributed by atoms with Crippen LogP contribution in [0.5, 0.6) is 5.75 Å². The van der Waals surface area contributed by atoms with Gasteiger partial charge in [0.05, 0.1) is 13.2 Å². The summed E-state index contributed by atoms with van der Waals surface area (Å²) in [7, 11) is 0.